The van der Waals surface area contributed by atoms with Gasteiger partial charge in [0.05, 0.1) is 11.4 Å². The van der Waals surface area contributed by atoms with Gasteiger partial charge in [-0.15, -0.1) is 0 Å². The standard InChI is InChI=1S/C19H11F13N2O2/c20-14(21,15(22,23)16(24,25)17(26,27)18(28,29)19(30,31)32)9-36-13-7-3-11(4-8-13)34-33-10-1-5-12(35)6-2-10/h1-8,35H,9H2. The largest absolute Gasteiger partial charge is 0.508 e. The second-order valence-corrected chi connectivity index (χ2v) is 7.00. The number of hydrogen-bond acceptors (Lipinski definition) is 4. The third-order valence-electron chi connectivity index (χ3n) is 4.39. The van der Waals surface area contributed by atoms with E-state index in [2.05, 4.69) is 15.0 Å². The van der Waals surface area contributed by atoms with Gasteiger partial charge in [0.1, 0.15) is 11.5 Å². The Morgan fingerprint density at radius 1 is 0.556 bits per heavy atom. The number of hydrogen-bond donors (Lipinski definition) is 1. The van der Waals surface area contributed by atoms with Crippen LogP contribution in [0.4, 0.5) is 68.5 Å². The zero-order valence-electron chi connectivity index (χ0n) is 17.0. The Kier molecular flexibility index (Phi) is 7.49. The first-order chi connectivity index (χ1) is 16.2. The van der Waals surface area contributed by atoms with Gasteiger partial charge in [0, 0.05) is 0 Å². The van der Waals surface area contributed by atoms with E-state index in [4.69, 9.17) is 5.11 Å². The normalized spacial score (nSPS) is 14.4. The molecule has 0 saturated heterocycles. The molecule has 0 amide bonds. The van der Waals surface area contributed by atoms with Crippen LogP contribution in [0.2, 0.25) is 0 Å². The van der Waals surface area contributed by atoms with Crippen molar-refractivity contribution in [2.45, 2.75) is 35.8 Å². The minimum atomic E-state index is -7.96. The van der Waals surface area contributed by atoms with Crippen LogP contribution in [0.15, 0.2) is 58.8 Å². The van der Waals surface area contributed by atoms with Crippen LogP contribution in [0.1, 0.15) is 0 Å². The predicted molar refractivity (Wildman–Crippen MR) is 95.0 cm³/mol. The maximum Gasteiger partial charge on any atom is 0.460 e. The molecule has 0 saturated carbocycles. The molecule has 0 bridgehead atoms. The fraction of sp³-hybridized carbons (Fsp3) is 0.368. The third kappa shape index (κ3) is 5.13. The molecule has 200 valence electrons. The number of benzene rings is 2. The van der Waals surface area contributed by atoms with Crippen LogP contribution in [0.25, 0.3) is 0 Å². The van der Waals surface area contributed by atoms with E-state index in [1.807, 2.05) is 0 Å². The molecule has 17 heteroatoms. The van der Waals surface area contributed by atoms with E-state index >= 15 is 0 Å². The summed E-state index contributed by atoms with van der Waals surface area (Å²) in [6.07, 6.45) is -7.47. The zero-order valence-corrected chi connectivity index (χ0v) is 17.0. The Hall–Kier alpha value is -3.27. The number of nitrogens with zero attached hydrogens (tertiary/aromatic N) is 2. The van der Waals surface area contributed by atoms with Crippen LogP contribution in [0.5, 0.6) is 11.5 Å². The van der Waals surface area contributed by atoms with E-state index in [0.29, 0.717) is 0 Å². The van der Waals surface area contributed by atoms with Gasteiger partial charge in [-0.3, -0.25) is 0 Å². The van der Waals surface area contributed by atoms with E-state index in [9.17, 15) is 57.1 Å². The summed E-state index contributed by atoms with van der Waals surface area (Å²) in [6, 6.07) is 8.75. The first-order valence-electron chi connectivity index (χ1n) is 9.07. The number of phenols is 1. The number of alkyl halides is 13. The fourth-order valence-electron chi connectivity index (χ4n) is 2.31. The molecule has 0 unspecified atom stereocenters. The molecule has 0 radical (unpaired) electrons. The summed E-state index contributed by atoms with van der Waals surface area (Å²) >= 11 is 0. The van der Waals surface area contributed by atoms with Gasteiger partial charge in [-0.2, -0.15) is 67.3 Å². The molecule has 36 heavy (non-hydrogen) atoms. The summed E-state index contributed by atoms with van der Waals surface area (Å²) in [5.74, 6) is -38.2. The van der Waals surface area contributed by atoms with Crippen LogP contribution in [-0.2, 0) is 0 Å². The Bertz CT molecular complexity index is 1070. The van der Waals surface area contributed by atoms with Gasteiger partial charge in [-0.05, 0) is 48.5 Å². The van der Waals surface area contributed by atoms with Crippen molar-refractivity contribution in [1.82, 2.24) is 0 Å². The van der Waals surface area contributed by atoms with Crippen LogP contribution >= 0.6 is 0 Å². The molecule has 1 N–H and O–H groups in total. The molecule has 2 aromatic rings. The Balaban J connectivity index is 2.17. The lowest BCUT2D eigenvalue weighted by atomic mass is 9.94. The highest BCUT2D eigenvalue weighted by Gasteiger charge is 2.90. The first-order valence-corrected chi connectivity index (χ1v) is 9.07. The van der Waals surface area contributed by atoms with Crippen molar-refractivity contribution < 1.29 is 66.9 Å². The number of halogens is 13. The topological polar surface area (TPSA) is 54.2 Å². The first kappa shape index (κ1) is 29.0. The summed E-state index contributed by atoms with van der Waals surface area (Å²) in [5.41, 5.74) is 0.261. The summed E-state index contributed by atoms with van der Waals surface area (Å²) in [7, 11) is 0. The van der Waals surface area contributed by atoms with Gasteiger partial charge in [0.25, 0.3) is 0 Å². The van der Waals surface area contributed by atoms with E-state index in [1.165, 1.54) is 24.3 Å². The quantitative estimate of drug-likeness (QED) is 0.257. The van der Waals surface area contributed by atoms with Gasteiger partial charge in [0.15, 0.2) is 6.61 Å². The Labute approximate surface area is 192 Å². The van der Waals surface area contributed by atoms with Crippen molar-refractivity contribution in [3.63, 3.8) is 0 Å². The minimum absolute atomic E-state index is 0.00747. The second-order valence-electron chi connectivity index (χ2n) is 7.00. The molecule has 4 nitrogen and oxygen atoms in total. The number of azo groups is 1. The monoisotopic (exact) mass is 546 g/mol. The van der Waals surface area contributed by atoms with E-state index in [-0.39, 0.29) is 17.1 Å². The van der Waals surface area contributed by atoms with Gasteiger partial charge in [0.2, 0.25) is 0 Å². The minimum Gasteiger partial charge on any atom is -0.508 e. The SMILES string of the molecule is Oc1ccc(N=Nc2ccc(OCC(F)(F)C(F)(F)C(F)(F)C(F)(F)C(F)(F)C(F)(F)F)cc2)cc1. The summed E-state index contributed by atoms with van der Waals surface area (Å²) in [4.78, 5) is 0. The van der Waals surface area contributed by atoms with Gasteiger partial charge in [-0.1, -0.05) is 0 Å². The Morgan fingerprint density at radius 2 is 0.944 bits per heavy atom. The van der Waals surface area contributed by atoms with Crippen molar-refractivity contribution in [1.29, 1.82) is 0 Å². The molecule has 0 atom stereocenters. The van der Waals surface area contributed by atoms with Gasteiger partial charge >= 0.3 is 35.8 Å². The molecule has 0 aliphatic carbocycles. The lowest BCUT2D eigenvalue weighted by molar-refractivity contribution is -0.440. The molecule has 0 fully saturated rings. The number of aromatic hydroxyl groups is 1. The van der Waals surface area contributed by atoms with Crippen molar-refractivity contribution in [3.8, 4) is 11.5 Å². The lowest BCUT2D eigenvalue weighted by Gasteiger charge is -2.39. The van der Waals surface area contributed by atoms with E-state index < -0.39 is 48.1 Å². The molecule has 2 rings (SSSR count). The highest BCUT2D eigenvalue weighted by atomic mass is 19.4. The van der Waals surface area contributed by atoms with E-state index in [0.717, 1.165) is 24.3 Å². The zero-order chi connectivity index (χ0) is 27.8. The van der Waals surface area contributed by atoms with Crippen LogP contribution in [0.3, 0.4) is 0 Å². The maximum atomic E-state index is 13.7. The lowest BCUT2D eigenvalue weighted by Crippen LogP contribution is -2.70. The molecule has 0 spiro atoms. The molecule has 2 aromatic carbocycles. The second kappa shape index (κ2) is 9.31. The van der Waals surface area contributed by atoms with Crippen molar-refractivity contribution in [2.75, 3.05) is 6.61 Å². The van der Waals surface area contributed by atoms with Crippen molar-refractivity contribution in [2.24, 2.45) is 10.2 Å². The maximum absolute atomic E-state index is 13.7. The number of rotatable bonds is 9. The van der Waals surface area contributed by atoms with Crippen LogP contribution in [-0.4, -0.2) is 47.5 Å². The molecule has 0 aliphatic rings. The Morgan fingerprint density at radius 3 is 1.36 bits per heavy atom. The number of ether oxygens (including phenoxy) is 1. The van der Waals surface area contributed by atoms with E-state index in [1.54, 1.807) is 0 Å². The molecule has 0 heterocycles. The highest BCUT2D eigenvalue weighted by Crippen LogP contribution is 2.60. The highest BCUT2D eigenvalue weighted by molar-refractivity contribution is 5.44. The summed E-state index contributed by atoms with van der Waals surface area (Å²) in [5, 5.41) is 16.5. The van der Waals surface area contributed by atoms with Crippen molar-refractivity contribution >= 4 is 11.4 Å². The van der Waals surface area contributed by atoms with Gasteiger partial charge < -0.3 is 9.84 Å². The number of phenolic OH excluding ortho intramolecular Hbond substituents is 1. The predicted octanol–water partition coefficient (Wildman–Crippen LogP) is 7.93. The summed E-state index contributed by atoms with van der Waals surface area (Å²) in [6.45, 7) is -2.81. The molecular weight excluding hydrogens is 535 g/mol. The smallest absolute Gasteiger partial charge is 0.460 e. The third-order valence-corrected chi connectivity index (χ3v) is 4.39. The summed E-state index contributed by atoms with van der Waals surface area (Å²) < 4.78 is 174. The molecule has 0 aromatic heterocycles. The fourth-order valence-corrected chi connectivity index (χ4v) is 2.31. The van der Waals surface area contributed by atoms with Crippen LogP contribution < -0.4 is 4.74 Å². The van der Waals surface area contributed by atoms with Gasteiger partial charge in [-0.25, -0.2) is 0 Å². The van der Waals surface area contributed by atoms with Crippen LogP contribution in [0, 0.1) is 0 Å². The average molecular weight is 546 g/mol. The average Bonchev–Trinajstić information content (AvgIpc) is 2.76. The van der Waals surface area contributed by atoms with Crippen molar-refractivity contribution in [3.05, 3.63) is 48.5 Å². The molecule has 0 aliphatic heterocycles. The molecular formula is C19H11F13N2O2.